The third-order valence-corrected chi connectivity index (χ3v) is 4.10. The Bertz CT molecular complexity index is 557. The molecule has 0 aromatic heterocycles. The van der Waals surface area contributed by atoms with Gasteiger partial charge in [-0.25, -0.2) is 13.2 Å². The first-order valence-electron chi connectivity index (χ1n) is 5.65. The second-order valence-corrected chi connectivity index (χ2v) is 6.20. The molecule has 0 aliphatic carbocycles. The van der Waals surface area contributed by atoms with Crippen LogP contribution in [0.3, 0.4) is 0 Å². The first-order chi connectivity index (χ1) is 8.89. The monoisotopic (exact) mass is 305 g/mol. The zero-order valence-electron chi connectivity index (χ0n) is 10.8. The lowest BCUT2D eigenvalue weighted by atomic mass is 10.1. The minimum Gasteiger partial charge on any atom is -0.465 e. The van der Waals surface area contributed by atoms with Crippen LogP contribution in [-0.2, 0) is 14.8 Å². The molecule has 0 spiro atoms. The minimum absolute atomic E-state index is 0.0572. The number of ether oxygens (including phenoxy) is 1. The van der Waals surface area contributed by atoms with Crippen molar-refractivity contribution in [3.63, 3.8) is 0 Å². The number of rotatable bonds is 6. The molecule has 1 aromatic rings. The van der Waals surface area contributed by atoms with Crippen LogP contribution in [0.25, 0.3) is 0 Å². The molecule has 1 rings (SSSR count). The van der Waals surface area contributed by atoms with Gasteiger partial charge in [0.1, 0.15) is 0 Å². The average Bonchev–Trinajstić information content (AvgIpc) is 2.38. The maximum absolute atomic E-state index is 11.8. The summed E-state index contributed by atoms with van der Waals surface area (Å²) in [6.07, 6.45) is 0.368. The van der Waals surface area contributed by atoms with E-state index in [4.69, 9.17) is 11.6 Å². The Morgan fingerprint density at radius 3 is 2.68 bits per heavy atom. The molecule has 5 nitrogen and oxygen atoms in total. The lowest BCUT2D eigenvalue weighted by Crippen LogP contribution is -2.18. The summed E-state index contributed by atoms with van der Waals surface area (Å²) in [6.45, 7) is 1.75. The van der Waals surface area contributed by atoms with E-state index in [0.29, 0.717) is 17.7 Å². The molecule has 1 N–H and O–H groups in total. The molecule has 7 heteroatoms. The molecule has 0 amide bonds. The van der Waals surface area contributed by atoms with Gasteiger partial charge in [0.25, 0.3) is 0 Å². The van der Waals surface area contributed by atoms with Crippen LogP contribution in [0.5, 0.6) is 0 Å². The molecule has 0 unspecified atom stereocenters. The standard InChI is InChI=1S/C12H16ClNO4S/c1-9-4-5-10(12(15)18-2)8-11(9)14-19(16,17)7-3-6-13/h4-5,8,14H,3,6-7H2,1-2H3. The molecule has 0 radical (unpaired) electrons. The molecule has 1 aromatic carbocycles. The number of hydrogen-bond donors (Lipinski definition) is 1. The van der Waals surface area contributed by atoms with Crippen LogP contribution in [0, 0.1) is 6.92 Å². The maximum atomic E-state index is 11.8. The van der Waals surface area contributed by atoms with Crippen molar-refractivity contribution in [3.8, 4) is 0 Å². The van der Waals surface area contributed by atoms with Crippen LogP contribution < -0.4 is 4.72 Å². The molecule has 0 atom stereocenters. The van der Waals surface area contributed by atoms with Crippen molar-refractivity contribution in [2.45, 2.75) is 13.3 Å². The summed E-state index contributed by atoms with van der Waals surface area (Å²) in [6, 6.07) is 4.70. The predicted octanol–water partition coefficient (Wildman–Crippen LogP) is 2.15. The van der Waals surface area contributed by atoms with Gasteiger partial charge in [0.15, 0.2) is 0 Å². The topological polar surface area (TPSA) is 72.5 Å². The summed E-state index contributed by atoms with van der Waals surface area (Å²) in [5.74, 6) is -0.290. The number of esters is 1. The quantitative estimate of drug-likeness (QED) is 0.645. The van der Waals surface area contributed by atoms with Gasteiger partial charge in [0, 0.05) is 5.88 Å². The lowest BCUT2D eigenvalue weighted by Gasteiger charge is -2.11. The fourth-order valence-corrected chi connectivity index (χ4v) is 2.91. The van der Waals surface area contributed by atoms with Crippen LogP contribution in [0.4, 0.5) is 5.69 Å². The highest BCUT2D eigenvalue weighted by atomic mass is 35.5. The molecule has 0 aliphatic rings. The molecule has 19 heavy (non-hydrogen) atoms. The fourth-order valence-electron chi connectivity index (χ4n) is 1.44. The van der Waals surface area contributed by atoms with Gasteiger partial charge < -0.3 is 4.74 Å². The van der Waals surface area contributed by atoms with E-state index in [1.54, 1.807) is 19.1 Å². The summed E-state index contributed by atoms with van der Waals surface area (Å²) in [5, 5.41) is 0. The van der Waals surface area contributed by atoms with Crippen molar-refractivity contribution in [2.24, 2.45) is 0 Å². The number of nitrogens with one attached hydrogen (secondary N) is 1. The Hall–Kier alpha value is -1.27. The number of sulfonamides is 1. The second kappa shape index (κ2) is 6.77. The number of alkyl halides is 1. The summed E-state index contributed by atoms with van der Waals surface area (Å²) < 4.78 is 30.6. The van der Waals surface area contributed by atoms with Crippen molar-refractivity contribution in [2.75, 3.05) is 23.5 Å². The first kappa shape index (κ1) is 15.8. The van der Waals surface area contributed by atoms with E-state index in [2.05, 4.69) is 9.46 Å². The van der Waals surface area contributed by atoms with E-state index in [1.807, 2.05) is 0 Å². The van der Waals surface area contributed by atoms with Crippen LogP contribution in [0.1, 0.15) is 22.3 Å². The third-order valence-electron chi connectivity index (χ3n) is 2.47. The molecule has 0 aliphatic heterocycles. The number of carbonyl (C=O) groups excluding carboxylic acids is 1. The van der Waals surface area contributed by atoms with Crippen molar-refractivity contribution in [1.29, 1.82) is 0 Å². The largest absolute Gasteiger partial charge is 0.465 e. The van der Waals surface area contributed by atoms with Gasteiger partial charge >= 0.3 is 5.97 Å². The Kier molecular flexibility index (Phi) is 5.62. The number of hydrogen-bond acceptors (Lipinski definition) is 4. The van der Waals surface area contributed by atoms with Crippen molar-refractivity contribution in [3.05, 3.63) is 29.3 Å². The minimum atomic E-state index is -3.46. The molecular formula is C12H16ClNO4S. The Morgan fingerprint density at radius 1 is 1.42 bits per heavy atom. The highest BCUT2D eigenvalue weighted by molar-refractivity contribution is 7.92. The molecule has 0 heterocycles. The van der Waals surface area contributed by atoms with Gasteiger partial charge in [-0.05, 0) is 31.0 Å². The van der Waals surface area contributed by atoms with Crippen LogP contribution >= 0.6 is 11.6 Å². The maximum Gasteiger partial charge on any atom is 0.337 e. The van der Waals surface area contributed by atoms with Crippen LogP contribution in [0.2, 0.25) is 0 Å². The van der Waals surface area contributed by atoms with Crippen LogP contribution in [-0.4, -0.2) is 33.1 Å². The average molecular weight is 306 g/mol. The number of aryl methyl sites for hydroxylation is 1. The van der Waals surface area contributed by atoms with E-state index >= 15 is 0 Å². The molecule has 0 bridgehead atoms. The predicted molar refractivity (Wildman–Crippen MR) is 75.3 cm³/mol. The van der Waals surface area contributed by atoms with Gasteiger partial charge in [-0.1, -0.05) is 6.07 Å². The summed E-state index contributed by atoms with van der Waals surface area (Å²) in [7, 11) is -2.18. The SMILES string of the molecule is COC(=O)c1ccc(C)c(NS(=O)(=O)CCCCl)c1. The third kappa shape index (κ3) is 4.72. The van der Waals surface area contributed by atoms with E-state index in [0.717, 1.165) is 5.56 Å². The van der Waals surface area contributed by atoms with Gasteiger partial charge in [0.2, 0.25) is 10.0 Å². The summed E-state index contributed by atoms with van der Waals surface area (Å²) in [4.78, 5) is 11.4. The van der Waals surface area contributed by atoms with Crippen LogP contribution in [0.15, 0.2) is 18.2 Å². The number of benzene rings is 1. The zero-order valence-corrected chi connectivity index (χ0v) is 12.3. The lowest BCUT2D eigenvalue weighted by molar-refractivity contribution is 0.0601. The summed E-state index contributed by atoms with van der Waals surface area (Å²) >= 11 is 5.47. The first-order valence-corrected chi connectivity index (χ1v) is 7.83. The normalized spacial score (nSPS) is 11.1. The van der Waals surface area contributed by atoms with Crippen molar-refractivity contribution in [1.82, 2.24) is 0 Å². The molecular weight excluding hydrogens is 290 g/mol. The molecule has 0 saturated heterocycles. The second-order valence-electron chi connectivity index (χ2n) is 3.98. The van der Waals surface area contributed by atoms with Gasteiger partial charge in [-0.2, -0.15) is 0 Å². The fraction of sp³-hybridized carbons (Fsp3) is 0.417. The molecule has 106 valence electrons. The Balaban J connectivity index is 2.97. The van der Waals surface area contributed by atoms with E-state index in [1.165, 1.54) is 13.2 Å². The summed E-state index contributed by atoms with van der Waals surface area (Å²) in [5.41, 5.74) is 1.39. The van der Waals surface area contributed by atoms with E-state index < -0.39 is 16.0 Å². The Labute approximate surface area is 118 Å². The van der Waals surface area contributed by atoms with Gasteiger partial charge in [0.05, 0.1) is 24.1 Å². The highest BCUT2D eigenvalue weighted by Gasteiger charge is 2.14. The van der Waals surface area contributed by atoms with E-state index in [9.17, 15) is 13.2 Å². The smallest absolute Gasteiger partial charge is 0.337 e. The highest BCUT2D eigenvalue weighted by Crippen LogP contribution is 2.19. The van der Waals surface area contributed by atoms with Gasteiger partial charge in [-0.3, -0.25) is 4.72 Å². The molecule has 0 saturated carbocycles. The number of anilines is 1. The molecule has 0 fully saturated rings. The van der Waals surface area contributed by atoms with Crippen molar-refractivity contribution >= 4 is 33.3 Å². The Morgan fingerprint density at radius 2 is 2.11 bits per heavy atom. The number of methoxy groups -OCH3 is 1. The van der Waals surface area contributed by atoms with Crippen molar-refractivity contribution < 1.29 is 17.9 Å². The number of carbonyl (C=O) groups is 1. The van der Waals surface area contributed by atoms with E-state index in [-0.39, 0.29) is 11.6 Å². The van der Waals surface area contributed by atoms with Gasteiger partial charge in [-0.15, -0.1) is 11.6 Å². The number of halogens is 1. The zero-order chi connectivity index (χ0) is 14.5.